The fraction of sp³-hybridized carbons (Fsp3) is 1.00. The largest absolute Gasteiger partial charge is 0.394 e. The molecule has 9 heterocycles. The van der Waals surface area contributed by atoms with E-state index in [0.29, 0.717) is 0 Å². The second-order valence-electron chi connectivity index (χ2n) is 28.0. The zero-order chi connectivity index (χ0) is 79.5. The Morgan fingerprint density at radius 2 is 0.468 bits per heavy atom. The van der Waals surface area contributed by atoms with Crippen LogP contribution in [0.2, 0.25) is 0 Å². The highest BCUT2D eigenvalue weighted by Gasteiger charge is 2.60. The molecule has 0 spiro atoms. The van der Waals surface area contributed by atoms with Crippen molar-refractivity contribution < 1.29 is 228 Å². The first-order valence-corrected chi connectivity index (χ1v) is 35.2. The van der Waals surface area contributed by atoms with Gasteiger partial charge in [0.25, 0.3) is 0 Å². The molecule has 10 rings (SSSR count). The van der Waals surface area contributed by atoms with Crippen LogP contribution >= 0.6 is 0 Å². The van der Waals surface area contributed by atoms with Gasteiger partial charge in [-0.25, -0.2) is 0 Å². The van der Waals surface area contributed by atoms with Crippen LogP contribution in [0.1, 0.15) is 25.7 Å². The number of rotatable bonds is 28. The molecule has 0 aromatic carbocycles. The number of hydrogen-bond donors (Lipinski definition) is 28. The minimum atomic E-state index is -2.43. The quantitative estimate of drug-likeness (QED) is 0.0196. The van der Waals surface area contributed by atoms with Gasteiger partial charge in [-0.1, -0.05) is 5.11 Å². The van der Waals surface area contributed by atoms with Gasteiger partial charge in [0.05, 0.1) is 65.6 Å². The summed E-state index contributed by atoms with van der Waals surface area (Å²) in [7, 11) is 0. The summed E-state index contributed by atoms with van der Waals surface area (Å²) in [5, 5.41) is 311. The van der Waals surface area contributed by atoms with Gasteiger partial charge in [0.2, 0.25) is 0 Å². The third-order valence-electron chi connectivity index (χ3n) is 20.9. The van der Waals surface area contributed by atoms with Crippen molar-refractivity contribution in [2.45, 2.75) is 314 Å². The van der Waals surface area contributed by atoms with Crippen molar-refractivity contribution in [3.8, 4) is 0 Å². The third kappa shape index (κ3) is 19.4. The van der Waals surface area contributed by atoms with Crippen LogP contribution in [0, 0.1) is 0 Å². The van der Waals surface area contributed by atoms with Gasteiger partial charge in [-0.15, -0.1) is 0 Å². The predicted molar refractivity (Wildman–Crippen MR) is 331 cm³/mol. The fourth-order valence-corrected chi connectivity index (χ4v) is 14.2. The summed E-state index contributed by atoms with van der Waals surface area (Å²) in [6.45, 7) is -9.14. The second kappa shape index (κ2) is 39.2. The lowest BCUT2D eigenvalue weighted by atomic mass is 9.93. The van der Waals surface area contributed by atoms with E-state index in [1.165, 1.54) is 0 Å². The van der Waals surface area contributed by atoms with Crippen molar-refractivity contribution >= 4 is 0 Å². The molecule has 28 N–H and O–H groups in total. The molecule has 9 aliphatic heterocycles. The summed E-state index contributed by atoms with van der Waals surface area (Å²) >= 11 is 0. The molecule has 109 heavy (non-hydrogen) atoms. The van der Waals surface area contributed by atoms with Gasteiger partial charge >= 0.3 is 0 Å². The van der Waals surface area contributed by atoms with Gasteiger partial charge in [-0.2, -0.15) is 0 Å². The average Bonchev–Trinajstić information content (AvgIpc) is 0.795. The Balaban J connectivity index is 0.944. The van der Waals surface area contributed by atoms with E-state index in [4.69, 9.17) is 90.8 Å². The standard InChI is InChI=1S/C60H101N3O46/c61-63-62-14-1-3-15(4-2-14)95-57-46(91)48(106-59-51(40(85)30(75)20(9-68)100-59)109-60-50(39(84)29(74)21(10-69)101-60)108-56-44(89)36(81)27(72)18(7-66)98-56)33(78)24(104-57)13-94-54-45(90)47(105-58-49(38(83)28(73)19(8-67)99-58)107-55-43(88)35(80)26(71)17(6-65)97-55)32(77)23(103-54)12-93-53-42(87)37(82)31(76)22(102-53)11-92-52-41(86)34(79)25(70)16(5-64)96-52/h14-60,64-91H,1-13H2/t14?,15?,16-,17-,18-,19-,20-,21-,22-,23-,24-,25-,26-,27-,28-,29-,30-,31-,32-,33-,34+,35+,36+,37+,38+,39+,40+,41+,42+,43+,44+,45+,46+,47+,48+,49+,50+,51+,52+,53+,54+,55-,56-,57-,58-,59-,60-/m1/s1. The first-order valence-electron chi connectivity index (χ1n) is 35.2. The van der Waals surface area contributed by atoms with E-state index in [-0.39, 0.29) is 25.7 Å². The van der Waals surface area contributed by atoms with E-state index < -0.39 is 348 Å². The molecule has 10 fully saturated rings. The summed E-state index contributed by atoms with van der Waals surface area (Å²) in [6.07, 6.45) is -93.1. The van der Waals surface area contributed by atoms with Crippen molar-refractivity contribution in [3.63, 3.8) is 0 Å². The molecule has 0 amide bonds. The monoisotopic (exact) mass is 1600 g/mol. The number of hydrogen-bond acceptors (Lipinski definition) is 47. The molecule has 45 atom stereocenters. The van der Waals surface area contributed by atoms with E-state index in [0.717, 1.165) is 0 Å². The van der Waals surface area contributed by atoms with E-state index in [2.05, 4.69) is 10.0 Å². The molecule has 0 bridgehead atoms. The zero-order valence-corrected chi connectivity index (χ0v) is 57.5. The second-order valence-corrected chi connectivity index (χ2v) is 28.0. The molecule has 0 unspecified atom stereocenters. The first-order chi connectivity index (χ1) is 51.8. The normalized spacial score (nSPS) is 52.3. The number of ether oxygens (including phenoxy) is 18. The van der Waals surface area contributed by atoms with Crippen molar-refractivity contribution in [2.75, 3.05) is 59.5 Å². The summed E-state index contributed by atoms with van der Waals surface area (Å²) in [5.41, 5.74) is 9.16. The van der Waals surface area contributed by atoms with Gasteiger partial charge in [-0.3, -0.25) is 0 Å². The van der Waals surface area contributed by atoms with Crippen LogP contribution < -0.4 is 0 Å². The Bertz CT molecular complexity index is 2800. The van der Waals surface area contributed by atoms with Gasteiger partial charge in [0.15, 0.2) is 56.6 Å². The van der Waals surface area contributed by atoms with Crippen molar-refractivity contribution in [1.82, 2.24) is 0 Å². The molecule has 0 radical (unpaired) electrons. The Labute approximate surface area is 616 Å². The van der Waals surface area contributed by atoms with Crippen LogP contribution in [-0.2, 0) is 85.3 Å². The molecule has 10 aliphatic rings. The lowest BCUT2D eigenvalue weighted by Crippen LogP contribution is -2.68. The first kappa shape index (κ1) is 88.8. The third-order valence-corrected chi connectivity index (χ3v) is 20.9. The Morgan fingerprint density at radius 1 is 0.239 bits per heavy atom. The van der Waals surface area contributed by atoms with E-state index >= 15 is 0 Å². The average molecular weight is 1600 g/mol. The highest BCUT2D eigenvalue weighted by atomic mass is 16.8. The molecular formula is C60H101N3O46. The minimum absolute atomic E-state index is 0.140. The zero-order valence-electron chi connectivity index (χ0n) is 57.5. The molecule has 49 heteroatoms. The maximum Gasteiger partial charge on any atom is 0.187 e. The van der Waals surface area contributed by atoms with Crippen LogP contribution in [-0.4, -0.2) is 491 Å². The molecule has 49 nitrogen and oxygen atoms in total. The summed E-state index contributed by atoms with van der Waals surface area (Å²) in [5.74, 6) is 0. The highest BCUT2D eigenvalue weighted by molar-refractivity contribution is 5.02. The van der Waals surface area contributed by atoms with Crippen molar-refractivity contribution in [2.24, 2.45) is 5.11 Å². The molecule has 0 aromatic heterocycles. The lowest BCUT2D eigenvalue weighted by molar-refractivity contribution is -0.406. The topological polar surface area (TPSA) is 781 Å². The SMILES string of the molecule is [N-]=[N+]=NC1CCC(O[C@@H]2O[C@H](CO[C@H]3O[C@H](CO[C@H]4O[C@H](CO[C@H]5O[C@H](CO)[C@@H](O)[C@H](O)[C@@H]5O)[C@@H](O)[C@H](O)[C@@H]4O)[C@@H](O)[C@H](O[C@H]4O[C@H](CO)[C@@H](O)[C@H](O)[C@@H]4O[C@H]4O[C@H](CO)[C@@H](O)[C@H](O)[C@@H]4O)[C@@H]3O)[C@@H](O)[C@H](O[C@H]3O[C@H](CO)[C@@H](O)[C@H](O)[C@@H]3O[C@H]3O[C@H](CO)[C@@H](O)[C@H](O)[C@@H]3O[C@H]3O[C@H](CO)[C@@H](O)[C@H](O)[C@@H]3O)[C@@H]2O)CC1. The summed E-state index contributed by atoms with van der Waals surface area (Å²) in [4.78, 5) is 2.85. The van der Waals surface area contributed by atoms with Crippen LogP contribution in [0.15, 0.2) is 5.11 Å². The van der Waals surface area contributed by atoms with Gasteiger partial charge < -0.3 is 228 Å². The van der Waals surface area contributed by atoms with Crippen molar-refractivity contribution in [1.29, 1.82) is 0 Å². The van der Waals surface area contributed by atoms with E-state index in [9.17, 15) is 143 Å². The smallest absolute Gasteiger partial charge is 0.187 e. The van der Waals surface area contributed by atoms with Gasteiger partial charge in [0.1, 0.15) is 220 Å². The van der Waals surface area contributed by atoms with E-state index in [1.807, 2.05) is 0 Å². The van der Waals surface area contributed by atoms with Crippen LogP contribution in [0.3, 0.4) is 0 Å². The van der Waals surface area contributed by atoms with Crippen LogP contribution in [0.5, 0.6) is 0 Å². The number of nitrogens with zero attached hydrogens (tertiary/aromatic N) is 3. The van der Waals surface area contributed by atoms with Gasteiger partial charge in [-0.05, 0) is 31.2 Å². The number of aliphatic hydroxyl groups excluding tert-OH is 28. The van der Waals surface area contributed by atoms with E-state index in [1.54, 1.807) is 0 Å². The number of aliphatic hydroxyl groups is 28. The summed E-state index contributed by atoms with van der Waals surface area (Å²) < 4.78 is 105. The highest BCUT2D eigenvalue weighted by Crippen LogP contribution is 2.40. The Kier molecular flexibility index (Phi) is 31.9. The van der Waals surface area contributed by atoms with Gasteiger partial charge in [0, 0.05) is 11.0 Å². The summed E-state index contributed by atoms with van der Waals surface area (Å²) in [6, 6.07) is -0.500. The maximum atomic E-state index is 12.5. The molecule has 1 aliphatic carbocycles. The Morgan fingerprint density at radius 3 is 0.798 bits per heavy atom. The van der Waals surface area contributed by atoms with Crippen LogP contribution in [0.25, 0.3) is 10.4 Å². The molecule has 9 saturated heterocycles. The molecule has 1 saturated carbocycles. The Hall–Kier alpha value is -2.53. The number of azide groups is 1. The predicted octanol–water partition coefficient (Wildman–Crippen LogP) is -18.0. The lowest BCUT2D eigenvalue weighted by Gasteiger charge is -2.50. The fourth-order valence-electron chi connectivity index (χ4n) is 14.2. The molecular weight excluding hydrogens is 1500 g/mol. The van der Waals surface area contributed by atoms with Crippen LogP contribution in [0.4, 0.5) is 0 Å². The maximum absolute atomic E-state index is 12.5. The molecule has 632 valence electrons. The molecule has 0 aromatic rings. The van der Waals surface area contributed by atoms with Crippen molar-refractivity contribution in [3.05, 3.63) is 10.4 Å². The minimum Gasteiger partial charge on any atom is -0.394 e.